The van der Waals surface area contributed by atoms with E-state index in [0.29, 0.717) is 0 Å². The lowest BCUT2D eigenvalue weighted by atomic mass is 9.97. The van der Waals surface area contributed by atoms with Crippen molar-refractivity contribution in [3.8, 4) is 0 Å². The van der Waals surface area contributed by atoms with E-state index in [2.05, 4.69) is 21.2 Å². The van der Waals surface area contributed by atoms with Gasteiger partial charge in [0.2, 0.25) is 0 Å². The number of amides is 1. The summed E-state index contributed by atoms with van der Waals surface area (Å²) in [5.41, 5.74) is 1.37. The normalized spacial score (nSPS) is 18.0. The third kappa shape index (κ3) is 1.95. The Bertz CT molecular complexity index is 468. The molecule has 92 valence electrons. The van der Waals surface area contributed by atoms with Crippen molar-refractivity contribution >= 4 is 33.2 Å². The van der Waals surface area contributed by atoms with Crippen LogP contribution in [0.5, 0.6) is 0 Å². The summed E-state index contributed by atoms with van der Waals surface area (Å²) in [6, 6.07) is 6.05. The van der Waals surface area contributed by atoms with Gasteiger partial charge in [0.1, 0.15) is 5.54 Å². The molecule has 1 aliphatic rings. The Hall–Kier alpha value is -1.03. The summed E-state index contributed by atoms with van der Waals surface area (Å²) in [5.74, 6) is 0.109. The number of nitrogens with one attached hydrogen (secondary N) is 1. The van der Waals surface area contributed by atoms with Gasteiger partial charge < -0.3 is 10.2 Å². The summed E-state index contributed by atoms with van der Waals surface area (Å²) in [6.07, 6.45) is 0. The maximum Gasteiger partial charge on any atom is 0.252 e. The van der Waals surface area contributed by atoms with Crippen molar-refractivity contribution in [1.29, 1.82) is 0 Å². The third-order valence-electron chi connectivity index (χ3n) is 2.96. The van der Waals surface area contributed by atoms with Crippen LogP contribution in [0.3, 0.4) is 0 Å². The fourth-order valence-corrected chi connectivity index (χ4v) is 2.58. The molecule has 1 N–H and O–H groups in total. The van der Waals surface area contributed by atoms with Crippen molar-refractivity contribution in [2.45, 2.75) is 39.3 Å². The number of fused-ring (bicyclic) bond motifs is 1. The van der Waals surface area contributed by atoms with E-state index in [9.17, 15) is 4.79 Å². The lowest BCUT2D eigenvalue weighted by molar-refractivity contribution is -0.122. The van der Waals surface area contributed by atoms with Crippen LogP contribution in [0.25, 0.3) is 0 Å². The second-order valence-electron chi connectivity index (χ2n) is 5.15. The van der Waals surface area contributed by atoms with Crippen molar-refractivity contribution in [3.63, 3.8) is 0 Å². The Morgan fingerprint density at radius 3 is 2.59 bits per heavy atom. The molecule has 0 atom stereocenters. The van der Waals surface area contributed by atoms with Crippen LogP contribution in [0.2, 0.25) is 0 Å². The van der Waals surface area contributed by atoms with Gasteiger partial charge in [-0.15, -0.1) is 0 Å². The highest BCUT2D eigenvalue weighted by Crippen LogP contribution is 2.40. The van der Waals surface area contributed by atoms with E-state index in [1.54, 1.807) is 0 Å². The zero-order chi connectivity index (χ0) is 12.8. The molecule has 1 amide bonds. The van der Waals surface area contributed by atoms with Gasteiger partial charge in [0.15, 0.2) is 0 Å². The zero-order valence-electron chi connectivity index (χ0n) is 10.5. The number of carbonyl (C=O) groups excluding carboxylic acids is 1. The highest BCUT2D eigenvalue weighted by molar-refractivity contribution is 9.10. The van der Waals surface area contributed by atoms with Crippen LogP contribution >= 0.6 is 15.9 Å². The van der Waals surface area contributed by atoms with Gasteiger partial charge in [-0.25, -0.2) is 0 Å². The molecule has 17 heavy (non-hydrogen) atoms. The monoisotopic (exact) mass is 296 g/mol. The minimum Gasteiger partial charge on any atom is -0.369 e. The van der Waals surface area contributed by atoms with Crippen LogP contribution in [0.4, 0.5) is 11.4 Å². The maximum atomic E-state index is 12.4. The molecule has 0 fully saturated rings. The van der Waals surface area contributed by atoms with E-state index >= 15 is 0 Å². The van der Waals surface area contributed by atoms with Gasteiger partial charge in [-0.2, -0.15) is 0 Å². The molecule has 0 saturated carbocycles. The van der Waals surface area contributed by atoms with E-state index in [1.165, 1.54) is 0 Å². The Labute approximate surface area is 110 Å². The molecular formula is C13H17BrN2O. The van der Waals surface area contributed by atoms with Gasteiger partial charge in [-0.1, -0.05) is 6.07 Å². The van der Waals surface area contributed by atoms with E-state index in [1.807, 2.05) is 50.8 Å². The first-order valence-corrected chi connectivity index (χ1v) is 6.54. The largest absolute Gasteiger partial charge is 0.369 e. The van der Waals surface area contributed by atoms with Gasteiger partial charge in [-0.3, -0.25) is 4.79 Å². The SMILES string of the molecule is CC(C)N1C(=O)C(C)(C)Nc2c(Br)cccc21. The second kappa shape index (κ2) is 4.02. The van der Waals surface area contributed by atoms with Crippen LogP contribution in [-0.4, -0.2) is 17.5 Å². The molecule has 2 rings (SSSR count). The number of rotatable bonds is 1. The van der Waals surface area contributed by atoms with Crippen LogP contribution in [-0.2, 0) is 4.79 Å². The van der Waals surface area contributed by atoms with Crippen LogP contribution < -0.4 is 10.2 Å². The minimum atomic E-state index is -0.568. The molecule has 3 nitrogen and oxygen atoms in total. The topological polar surface area (TPSA) is 32.3 Å². The average Bonchev–Trinajstić information content (AvgIpc) is 2.21. The predicted molar refractivity (Wildman–Crippen MR) is 74.5 cm³/mol. The number of halogens is 1. The number of hydrogen-bond donors (Lipinski definition) is 1. The van der Waals surface area contributed by atoms with Gasteiger partial charge in [0.05, 0.1) is 11.4 Å². The molecule has 1 aliphatic heterocycles. The first-order chi connectivity index (χ1) is 7.84. The van der Waals surface area contributed by atoms with Gasteiger partial charge in [0.25, 0.3) is 5.91 Å². The average molecular weight is 297 g/mol. The maximum absolute atomic E-state index is 12.4. The molecule has 1 heterocycles. The minimum absolute atomic E-state index is 0.109. The van der Waals surface area contributed by atoms with Crippen molar-refractivity contribution in [2.24, 2.45) is 0 Å². The van der Waals surface area contributed by atoms with Crippen LogP contribution in [0.1, 0.15) is 27.7 Å². The summed E-state index contributed by atoms with van der Waals surface area (Å²) in [7, 11) is 0. The lowest BCUT2D eigenvalue weighted by Gasteiger charge is -2.42. The quantitative estimate of drug-likeness (QED) is 0.861. The summed E-state index contributed by atoms with van der Waals surface area (Å²) in [5, 5.41) is 3.30. The van der Waals surface area contributed by atoms with E-state index < -0.39 is 5.54 Å². The van der Waals surface area contributed by atoms with Crippen molar-refractivity contribution in [1.82, 2.24) is 0 Å². The molecular weight excluding hydrogens is 280 g/mol. The van der Waals surface area contributed by atoms with Gasteiger partial charge >= 0.3 is 0 Å². The summed E-state index contributed by atoms with van der Waals surface area (Å²) < 4.78 is 0.987. The number of carbonyl (C=O) groups is 1. The first kappa shape index (κ1) is 12.4. The molecule has 4 heteroatoms. The smallest absolute Gasteiger partial charge is 0.252 e. The van der Waals surface area contributed by atoms with Crippen molar-refractivity contribution < 1.29 is 4.79 Å². The summed E-state index contributed by atoms with van der Waals surface area (Å²) >= 11 is 3.53. The first-order valence-electron chi connectivity index (χ1n) is 5.75. The second-order valence-corrected chi connectivity index (χ2v) is 6.01. The highest BCUT2D eigenvalue weighted by Gasteiger charge is 2.40. The van der Waals surface area contributed by atoms with E-state index in [-0.39, 0.29) is 11.9 Å². The molecule has 0 radical (unpaired) electrons. The number of nitrogens with zero attached hydrogens (tertiary/aromatic N) is 1. The van der Waals surface area contributed by atoms with Crippen molar-refractivity contribution in [3.05, 3.63) is 22.7 Å². The van der Waals surface area contributed by atoms with E-state index in [4.69, 9.17) is 0 Å². The lowest BCUT2D eigenvalue weighted by Crippen LogP contribution is -2.56. The number of para-hydroxylation sites is 1. The fraction of sp³-hybridized carbons (Fsp3) is 0.462. The van der Waals surface area contributed by atoms with Crippen LogP contribution in [0.15, 0.2) is 22.7 Å². The number of anilines is 2. The Morgan fingerprint density at radius 1 is 1.35 bits per heavy atom. The zero-order valence-corrected chi connectivity index (χ0v) is 12.1. The Kier molecular flexibility index (Phi) is 2.94. The summed E-state index contributed by atoms with van der Waals surface area (Å²) in [4.78, 5) is 14.3. The molecule has 0 aromatic heterocycles. The molecule has 1 aromatic carbocycles. The molecule has 0 aliphatic carbocycles. The van der Waals surface area contributed by atoms with Gasteiger partial charge in [-0.05, 0) is 55.8 Å². The molecule has 0 bridgehead atoms. The standard InChI is InChI=1S/C13H17BrN2O/c1-8(2)16-10-7-5-6-9(14)11(10)15-13(3,4)12(16)17/h5-8,15H,1-4H3. The third-order valence-corrected chi connectivity index (χ3v) is 3.62. The number of benzene rings is 1. The van der Waals surface area contributed by atoms with Gasteiger partial charge in [0, 0.05) is 10.5 Å². The van der Waals surface area contributed by atoms with E-state index in [0.717, 1.165) is 15.8 Å². The molecule has 1 aromatic rings. The molecule has 0 spiro atoms. The molecule has 0 saturated heterocycles. The molecule has 0 unspecified atom stereocenters. The van der Waals surface area contributed by atoms with Crippen molar-refractivity contribution in [2.75, 3.05) is 10.2 Å². The fourth-order valence-electron chi connectivity index (χ4n) is 2.13. The van der Waals surface area contributed by atoms with Crippen LogP contribution in [0, 0.1) is 0 Å². The Morgan fingerprint density at radius 2 is 2.00 bits per heavy atom. The number of hydrogen-bond acceptors (Lipinski definition) is 2. The summed E-state index contributed by atoms with van der Waals surface area (Å²) in [6.45, 7) is 7.88. The Balaban J connectivity index is 2.63. The predicted octanol–water partition coefficient (Wildman–Crippen LogP) is 3.39. The highest BCUT2D eigenvalue weighted by atomic mass is 79.9.